The van der Waals surface area contributed by atoms with Crippen molar-refractivity contribution in [2.75, 3.05) is 18.5 Å². The third kappa shape index (κ3) is 5.34. The molecule has 2 aliphatic carbocycles. The molecule has 3 fully saturated rings. The number of anilines is 1. The predicted octanol–water partition coefficient (Wildman–Crippen LogP) is 5.76. The van der Waals surface area contributed by atoms with Crippen molar-refractivity contribution in [3.05, 3.63) is 23.8 Å². The summed E-state index contributed by atoms with van der Waals surface area (Å²) in [4.78, 5) is 27.9. The summed E-state index contributed by atoms with van der Waals surface area (Å²) < 4.78 is 11.5. The zero-order valence-electron chi connectivity index (χ0n) is 18.7. The van der Waals surface area contributed by atoms with Crippen molar-refractivity contribution in [2.24, 2.45) is 5.92 Å². The maximum atomic E-state index is 13.5. The van der Waals surface area contributed by atoms with Crippen molar-refractivity contribution in [1.82, 2.24) is 4.90 Å². The van der Waals surface area contributed by atoms with E-state index in [2.05, 4.69) is 10.2 Å². The van der Waals surface area contributed by atoms with Crippen molar-refractivity contribution in [3.8, 4) is 5.75 Å². The molecule has 1 aliphatic heterocycles. The Morgan fingerprint density at radius 2 is 1.77 bits per heavy atom. The van der Waals surface area contributed by atoms with E-state index < -0.39 is 6.09 Å². The third-order valence-electron chi connectivity index (χ3n) is 7.00. The monoisotopic (exact) mass is 428 g/mol. The second-order valence-electron chi connectivity index (χ2n) is 9.25. The van der Waals surface area contributed by atoms with E-state index in [1.54, 1.807) is 18.2 Å². The molecule has 0 bridgehead atoms. The minimum Gasteiger partial charge on any atom is -0.493 e. The summed E-state index contributed by atoms with van der Waals surface area (Å²) in [5.74, 6) is 1.24. The maximum Gasteiger partial charge on any atom is 0.411 e. The van der Waals surface area contributed by atoms with E-state index in [0.717, 1.165) is 51.5 Å². The van der Waals surface area contributed by atoms with Crippen LogP contribution in [-0.2, 0) is 4.74 Å². The number of nitrogens with one attached hydrogen (secondary N) is 1. The Labute approximate surface area is 185 Å². The minimum absolute atomic E-state index is 0.0132. The van der Waals surface area contributed by atoms with Gasteiger partial charge >= 0.3 is 6.09 Å². The van der Waals surface area contributed by atoms with Crippen LogP contribution in [0.1, 0.15) is 87.9 Å². The molecule has 2 saturated carbocycles. The first-order chi connectivity index (χ1) is 15.2. The van der Waals surface area contributed by atoms with Crippen LogP contribution < -0.4 is 10.1 Å². The summed E-state index contributed by atoms with van der Waals surface area (Å²) in [5.41, 5.74) is 1.19. The standard InChI is InChI=1S/C25H36N2O4/c1-2-16-30-23-17-19(26-25(29)31-20-10-4-5-11-20)13-14-21(23)24(28)27-15-7-9-18-8-3-6-12-22(18)27/h13-14,17-18,20,22H,2-12,15-16H2,1H3,(H,26,29)/t18?,22-/m1/s1. The van der Waals surface area contributed by atoms with E-state index in [1.807, 2.05) is 6.92 Å². The van der Waals surface area contributed by atoms with Gasteiger partial charge in [-0.2, -0.15) is 0 Å². The first-order valence-electron chi connectivity index (χ1n) is 12.2. The second kappa shape index (κ2) is 10.4. The summed E-state index contributed by atoms with van der Waals surface area (Å²) in [7, 11) is 0. The molecule has 1 saturated heterocycles. The molecule has 6 heteroatoms. The van der Waals surface area contributed by atoms with Crippen LogP contribution in [-0.4, -0.2) is 42.2 Å². The van der Waals surface area contributed by atoms with Gasteiger partial charge in [0.2, 0.25) is 0 Å². The Morgan fingerprint density at radius 3 is 2.58 bits per heavy atom. The number of nitrogens with zero attached hydrogens (tertiary/aromatic N) is 1. The lowest BCUT2D eigenvalue weighted by molar-refractivity contribution is 0.0387. The quantitative estimate of drug-likeness (QED) is 0.625. The van der Waals surface area contributed by atoms with Gasteiger partial charge in [-0.05, 0) is 75.8 Å². The van der Waals surface area contributed by atoms with Crippen LogP contribution in [0.5, 0.6) is 5.75 Å². The van der Waals surface area contributed by atoms with Gasteiger partial charge in [-0.1, -0.05) is 19.8 Å². The number of hydrogen-bond acceptors (Lipinski definition) is 4. The molecule has 4 rings (SSSR count). The fourth-order valence-electron chi connectivity index (χ4n) is 5.44. The highest BCUT2D eigenvalue weighted by molar-refractivity contribution is 5.98. The SMILES string of the molecule is CCCOc1cc(NC(=O)OC2CCCC2)ccc1C(=O)N1CCCC2CCCC[C@H]21. The number of ether oxygens (including phenoxy) is 2. The summed E-state index contributed by atoms with van der Waals surface area (Å²) in [6.45, 7) is 3.39. The van der Waals surface area contributed by atoms with Crippen molar-refractivity contribution >= 4 is 17.7 Å². The molecule has 1 heterocycles. The lowest BCUT2D eigenvalue weighted by Gasteiger charge is -2.44. The van der Waals surface area contributed by atoms with Crippen LogP contribution in [0.4, 0.5) is 10.5 Å². The number of fused-ring (bicyclic) bond motifs is 1. The molecule has 0 aromatic heterocycles. The number of piperidine rings is 1. The van der Waals surface area contributed by atoms with Gasteiger partial charge in [0.25, 0.3) is 5.91 Å². The molecule has 1 unspecified atom stereocenters. The van der Waals surface area contributed by atoms with Crippen LogP contribution in [0, 0.1) is 5.92 Å². The summed E-state index contributed by atoms with van der Waals surface area (Å²) in [6.07, 6.45) is 11.7. The highest BCUT2D eigenvalue weighted by Gasteiger charge is 2.36. The van der Waals surface area contributed by atoms with Crippen molar-refractivity contribution in [2.45, 2.75) is 89.7 Å². The van der Waals surface area contributed by atoms with Gasteiger partial charge in [-0.15, -0.1) is 0 Å². The van der Waals surface area contributed by atoms with Gasteiger partial charge < -0.3 is 14.4 Å². The number of rotatable bonds is 6. The van der Waals surface area contributed by atoms with Crippen molar-refractivity contribution < 1.29 is 19.1 Å². The van der Waals surface area contributed by atoms with Gasteiger partial charge in [0.1, 0.15) is 11.9 Å². The van der Waals surface area contributed by atoms with Gasteiger partial charge in [0.05, 0.1) is 12.2 Å². The number of benzene rings is 1. The largest absolute Gasteiger partial charge is 0.493 e. The Kier molecular flexibility index (Phi) is 7.36. The highest BCUT2D eigenvalue weighted by Crippen LogP contribution is 2.37. The number of hydrogen-bond donors (Lipinski definition) is 1. The molecule has 31 heavy (non-hydrogen) atoms. The molecule has 1 N–H and O–H groups in total. The van der Waals surface area contributed by atoms with E-state index in [-0.39, 0.29) is 12.0 Å². The van der Waals surface area contributed by atoms with Gasteiger partial charge in [-0.3, -0.25) is 10.1 Å². The van der Waals surface area contributed by atoms with Crippen molar-refractivity contribution in [3.63, 3.8) is 0 Å². The molecule has 0 radical (unpaired) electrons. The normalized spacial score (nSPS) is 23.8. The summed E-state index contributed by atoms with van der Waals surface area (Å²) in [6, 6.07) is 5.70. The Hall–Kier alpha value is -2.24. The Morgan fingerprint density at radius 1 is 1.03 bits per heavy atom. The number of carbonyl (C=O) groups is 2. The molecular formula is C25H36N2O4. The average Bonchev–Trinajstić information content (AvgIpc) is 3.29. The van der Waals surface area contributed by atoms with E-state index in [1.165, 1.54) is 25.7 Å². The fourth-order valence-corrected chi connectivity index (χ4v) is 5.44. The first-order valence-corrected chi connectivity index (χ1v) is 12.2. The third-order valence-corrected chi connectivity index (χ3v) is 7.00. The van der Waals surface area contributed by atoms with Crippen LogP contribution in [0.3, 0.4) is 0 Å². The molecule has 2 amide bonds. The number of amides is 2. The predicted molar refractivity (Wildman–Crippen MR) is 121 cm³/mol. The zero-order chi connectivity index (χ0) is 21.6. The Balaban J connectivity index is 1.49. The lowest BCUT2D eigenvalue weighted by atomic mass is 9.78. The zero-order valence-corrected chi connectivity index (χ0v) is 18.7. The van der Waals surface area contributed by atoms with Crippen molar-refractivity contribution in [1.29, 1.82) is 0 Å². The summed E-state index contributed by atoms with van der Waals surface area (Å²) in [5, 5.41) is 2.81. The second-order valence-corrected chi connectivity index (χ2v) is 9.25. The molecule has 0 spiro atoms. The fraction of sp³-hybridized carbons (Fsp3) is 0.680. The molecule has 1 aromatic carbocycles. The van der Waals surface area contributed by atoms with Crippen LogP contribution in [0.2, 0.25) is 0 Å². The maximum absolute atomic E-state index is 13.5. The average molecular weight is 429 g/mol. The Bertz CT molecular complexity index is 773. The van der Waals surface area contributed by atoms with Gasteiger partial charge in [0.15, 0.2) is 0 Å². The minimum atomic E-state index is -0.437. The van der Waals surface area contributed by atoms with Crippen LogP contribution in [0.15, 0.2) is 18.2 Å². The number of carbonyl (C=O) groups excluding carboxylic acids is 2. The van der Waals surface area contributed by atoms with E-state index in [9.17, 15) is 9.59 Å². The molecule has 2 atom stereocenters. The van der Waals surface area contributed by atoms with E-state index in [4.69, 9.17) is 9.47 Å². The van der Waals surface area contributed by atoms with E-state index in [0.29, 0.717) is 35.6 Å². The van der Waals surface area contributed by atoms with Gasteiger partial charge in [0, 0.05) is 24.3 Å². The molecular weight excluding hydrogens is 392 g/mol. The molecule has 1 aromatic rings. The molecule has 170 valence electrons. The molecule has 6 nitrogen and oxygen atoms in total. The number of likely N-dealkylation sites (tertiary alicyclic amines) is 1. The lowest BCUT2D eigenvalue weighted by Crippen LogP contribution is -2.49. The topological polar surface area (TPSA) is 67.9 Å². The summed E-state index contributed by atoms with van der Waals surface area (Å²) >= 11 is 0. The van der Waals surface area contributed by atoms with E-state index >= 15 is 0 Å². The van der Waals surface area contributed by atoms with Gasteiger partial charge in [-0.25, -0.2) is 4.79 Å². The van der Waals surface area contributed by atoms with Crippen LogP contribution in [0.25, 0.3) is 0 Å². The smallest absolute Gasteiger partial charge is 0.411 e. The molecule has 3 aliphatic rings. The highest BCUT2D eigenvalue weighted by atomic mass is 16.6. The first kappa shape index (κ1) is 22.0. The van der Waals surface area contributed by atoms with Crippen LogP contribution >= 0.6 is 0 Å².